The van der Waals surface area contributed by atoms with Crippen molar-refractivity contribution in [1.29, 1.82) is 0 Å². The Kier molecular flexibility index (Phi) is 6.93. The van der Waals surface area contributed by atoms with Crippen LogP contribution in [0.5, 0.6) is 0 Å². The van der Waals surface area contributed by atoms with Crippen LogP contribution in [-0.2, 0) is 16.1 Å². The van der Waals surface area contributed by atoms with E-state index >= 15 is 0 Å². The summed E-state index contributed by atoms with van der Waals surface area (Å²) < 4.78 is 28.5. The summed E-state index contributed by atoms with van der Waals surface area (Å²) in [7, 11) is 0. The van der Waals surface area contributed by atoms with Crippen LogP contribution in [0, 0.1) is 0 Å². The molecule has 1 amide bonds. The van der Waals surface area contributed by atoms with Crippen LogP contribution in [0.15, 0.2) is 24.3 Å². The summed E-state index contributed by atoms with van der Waals surface area (Å²) in [6.07, 6.45) is -2.40. The van der Waals surface area contributed by atoms with Crippen molar-refractivity contribution >= 4 is 11.6 Å². The van der Waals surface area contributed by atoms with Gasteiger partial charge in [0.25, 0.3) is 6.43 Å². The number of amides is 1. The van der Waals surface area contributed by atoms with Gasteiger partial charge in [-0.15, -0.1) is 0 Å². The first-order chi connectivity index (χ1) is 9.52. The van der Waals surface area contributed by atoms with Gasteiger partial charge < -0.3 is 15.4 Å². The lowest BCUT2D eigenvalue weighted by Crippen LogP contribution is -2.31. The molecule has 0 saturated heterocycles. The molecule has 0 saturated carbocycles. The summed E-state index contributed by atoms with van der Waals surface area (Å²) in [5.74, 6) is -0.121. The van der Waals surface area contributed by atoms with Gasteiger partial charge in [-0.25, -0.2) is 8.78 Å². The van der Waals surface area contributed by atoms with Gasteiger partial charge in [0.1, 0.15) is 6.61 Å². The Morgan fingerprint density at radius 3 is 2.80 bits per heavy atom. The highest BCUT2D eigenvalue weighted by Gasteiger charge is 2.12. The highest BCUT2D eigenvalue weighted by atomic mass is 19.3. The Balaban J connectivity index is 2.43. The smallest absolute Gasteiger partial charge is 0.261 e. The summed E-state index contributed by atoms with van der Waals surface area (Å²) >= 11 is 0. The van der Waals surface area contributed by atoms with Gasteiger partial charge in [0.15, 0.2) is 0 Å². The van der Waals surface area contributed by atoms with E-state index in [-0.39, 0.29) is 18.9 Å². The van der Waals surface area contributed by atoms with E-state index in [9.17, 15) is 13.6 Å². The number of ether oxygens (including phenoxy) is 1. The minimum absolute atomic E-state index is 0.0105. The number of carbonyl (C=O) groups is 1. The standard InChI is InChI=1S/C14H20F2N2O2/c1-2-18(9-11-4-3-5-12(17)8-11)14(19)6-7-20-10-13(15)16/h3-5,8,13H,2,6-7,9-10,17H2,1H3. The Bertz CT molecular complexity index is 427. The minimum Gasteiger partial charge on any atom is -0.399 e. The largest absolute Gasteiger partial charge is 0.399 e. The van der Waals surface area contributed by atoms with Gasteiger partial charge in [-0.2, -0.15) is 0 Å². The number of nitrogens with two attached hydrogens (primary N) is 1. The molecule has 0 aromatic heterocycles. The van der Waals surface area contributed by atoms with Gasteiger partial charge >= 0.3 is 0 Å². The number of nitrogens with zero attached hydrogens (tertiary/aromatic N) is 1. The topological polar surface area (TPSA) is 55.6 Å². The van der Waals surface area contributed by atoms with Gasteiger partial charge in [-0.1, -0.05) is 12.1 Å². The zero-order valence-electron chi connectivity index (χ0n) is 11.5. The van der Waals surface area contributed by atoms with Gasteiger partial charge in [0.05, 0.1) is 13.0 Å². The molecule has 0 aliphatic heterocycles. The summed E-state index contributed by atoms with van der Waals surface area (Å²) in [6, 6.07) is 7.30. The number of carbonyl (C=O) groups excluding carboxylic acids is 1. The fourth-order valence-electron chi connectivity index (χ4n) is 1.78. The molecule has 0 spiro atoms. The lowest BCUT2D eigenvalue weighted by Gasteiger charge is -2.21. The number of alkyl halides is 2. The second-order valence-electron chi connectivity index (χ2n) is 4.37. The maximum atomic E-state index is 11.9. The molecule has 0 aliphatic carbocycles. The SMILES string of the molecule is CCN(Cc1cccc(N)c1)C(=O)CCOCC(F)F. The quantitative estimate of drug-likeness (QED) is 0.589. The molecule has 0 atom stereocenters. The number of nitrogen functional groups attached to an aromatic ring is 1. The molecule has 4 nitrogen and oxygen atoms in total. The molecule has 0 aliphatic rings. The van der Waals surface area contributed by atoms with Crippen LogP contribution in [0.3, 0.4) is 0 Å². The van der Waals surface area contributed by atoms with Crippen LogP contribution in [0.4, 0.5) is 14.5 Å². The average molecular weight is 286 g/mol. The molecular formula is C14H20F2N2O2. The van der Waals surface area contributed by atoms with E-state index in [1.807, 2.05) is 25.1 Å². The van der Waals surface area contributed by atoms with Crippen molar-refractivity contribution in [2.75, 3.05) is 25.5 Å². The number of anilines is 1. The van der Waals surface area contributed by atoms with Gasteiger partial charge in [0, 0.05) is 18.8 Å². The predicted molar refractivity (Wildman–Crippen MR) is 73.4 cm³/mol. The van der Waals surface area contributed by atoms with E-state index < -0.39 is 13.0 Å². The molecule has 0 bridgehead atoms. The van der Waals surface area contributed by atoms with Gasteiger partial charge in [-0.3, -0.25) is 4.79 Å². The highest BCUT2D eigenvalue weighted by molar-refractivity contribution is 5.76. The molecule has 0 unspecified atom stereocenters. The monoisotopic (exact) mass is 286 g/mol. The van der Waals surface area contributed by atoms with Crippen molar-refractivity contribution in [2.45, 2.75) is 26.3 Å². The maximum absolute atomic E-state index is 11.9. The molecule has 0 heterocycles. The number of hydrogen-bond donors (Lipinski definition) is 1. The maximum Gasteiger partial charge on any atom is 0.261 e. The molecule has 2 N–H and O–H groups in total. The van der Waals surface area contributed by atoms with E-state index in [0.29, 0.717) is 18.8 Å². The molecule has 1 aromatic carbocycles. The summed E-state index contributed by atoms with van der Waals surface area (Å²) in [4.78, 5) is 13.6. The number of hydrogen-bond acceptors (Lipinski definition) is 3. The summed E-state index contributed by atoms with van der Waals surface area (Å²) in [5, 5.41) is 0. The lowest BCUT2D eigenvalue weighted by molar-refractivity contribution is -0.133. The molecule has 20 heavy (non-hydrogen) atoms. The zero-order valence-corrected chi connectivity index (χ0v) is 11.5. The normalized spacial score (nSPS) is 10.8. The van der Waals surface area contributed by atoms with Crippen LogP contribution in [0.25, 0.3) is 0 Å². The molecule has 0 radical (unpaired) electrons. The van der Waals surface area contributed by atoms with E-state index in [2.05, 4.69) is 0 Å². The molecule has 6 heteroatoms. The molecule has 1 aromatic rings. The van der Waals surface area contributed by atoms with E-state index in [0.717, 1.165) is 5.56 Å². The average Bonchev–Trinajstić information content (AvgIpc) is 2.40. The second-order valence-corrected chi connectivity index (χ2v) is 4.37. The van der Waals surface area contributed by atoms with Gasteiger partial charge in [0.2, 0.25) is 5.91 Å². The fraction of sp³-hybridized carbons (Fsp3) is 0.500. The summed E-state index contributed by atoms with van der Waals surface area (Å²) in [6.45, 7) is 2.24. The van der Waals surface area contributed by atoms with E-state index in [1.165, 1.54) is 0 Å². The molecular weight excluding hydrogens is 266 g/mol. The Morgan fingerprint density at radius 1 is 1.45 bits per heavy atom. The van der Waals surface area contributed by atoms with E-state index in [1.54, 1.807) is 11.0 Å². The van der Waals surface area contributed by atoms with Crippen molar-refractivity contribution < 1.29 is 18.3 Å². The molecule has 1 rings (SSSR count). The minimum atomic E-state index is -2.50. The lowest BCUT2D eigenvalue weighted by atomic mass is 10.2. The Labute approximate surface area is 117 Å². The summed E-state index contributed by atoms with van der Waals surface area (Å²) in [5.41, 5.74) is 7.27. The Morgan fingerprint density at radius 2 is 2.20 bits per heavy atom. The number of benzene rings is 1. The van der Waals surface area contributed by atoms with Gasteiger partial charge in [-0.05, 0) is 24.6 Å². The van der Waals surface area contributed by atoms with Crippen molar-refractivity contribution in [1.82, 2.24) is 4.90 Å². The van der Waals surface area contributed by atoms with Crippen molar-refractivity contribution in [3.05, 3.63) is 29.8 Å². The number of rotatable bonds is 8. The zero-order chi connectivity index (χ0) is 15.0. The van der Waals surface area contributed by atoms with Crippen LogP contribution in [0.1, 0.15) is 18.9 Å². The third-order valence-corrected chi connectivity index (χ3v) is 2.76. The first-order valence-corrected chi connectivity index (χ1v) is 6.51. The van der Waals surface area contributed by atoms with Crippen LogP contribution in [0.2, 0.25) is 0 Å². The second kappa shape index (κ2) is 8.47. The van der Waals surface area contributed by atoms with Crippen LogP contribution < -0.4 is 5.73 Å². The van der Waals surface area contributed by atoms with Crippen LogP contribution in [-0.4, -0.2) is 37.0 Å². The Hall–Kier alpha value is -1.69. The first kappa shape index (κ1) is 16.4. The first-order valence-electron chi connectivity index (χ1n) is 6.51. The fourth-order valence-corrected chi connectivity index (χ4v) is 1.78. The van der Waals surface area contributed by atoms with E-state index in [4.69, 9.17) is 10.5 Å². The number of halogens is 2. The van der Waals surface area contributed by atoms with Crippen molar-refractivity contribution in [3.63, 3.8) is 0 Å². The predicted octanol–water partition coefficient (Wildman–Crippen LogP) is 2.29. The van der Waals surface area contributed by atoms with Crippen molar-refractivity contribution in [3.8, 4) is 0 Å². The molecule has 112 valence electrons. The highest BCUT2D eigenvalue weighted by Crippen LogP contribution is 2.10. The molecule has 0 fully saturated rings. The van der Waals surface area contributed by atoms with Crippen molar-refractivity contribution in [2.24, 2.45) is 0 Å². The third kappa shape index (κ3) is 5.97. The van der Waals surface area contributed by atoms with Crippen LogP contribution >= 0.6 is 0 Å². The third-order valence-electron chi connectivity index (χ3n) is 2.76.